The molecule has 19 heteroatoms. The normalized spacial score (nSPS) is 14.2. The van der Waals surface area contributed by atoms with Gasteiger partial charge in [0.1, 0.15) is 19.3 Å². The number of phosphoric ester groups is 2. The summed E-state index contributed by atoms with van der Waals surface area (Å²) in [5, 5.41) is 10.5. The molecule has 0 aliphatic rings. The molecule has 0 rings (SSSR count). The second-order valence-electron chi connectivity index (χ2n) is 24.7. The van der Waals surface area contributed by atoms with Crippen molar-refractivity contribution in [2.45, 2.75) is 361 Å². The summed E-state index contributed by atoms with van der Waals surface area (Å²) in [6.45, 7) is 7.20. The summed E-state index contributed by atoms with van der Waals surface area (Å²) in [6.07, 6.45) is 45.8. The molecule has 86 heavy (non-hydrogen) atoms. The van der Waals surface area contributed by atoms with Crippen LogP contribution < -0.4 is 0 Å². The van der Waals surface area contributed by atoms with E-state index >= 15 is 0 Å². The SMILES string of the molecule is CCCCCCCCCCCCCCC(=O)OC[C@H](COP(=O)(O)OC[C@@H](O)COP(=O)(O)OC[C@@H](COC(=O)CCCCCCCCCC)OC(=O)CCCCCCCCCCC)OC(=O)CCCCCCCCCCCCCCCCC(C)C. The zero-order valence-electron chi connectivity index (χ0n) is 55.4. The third-order valence-electron chi connectivity index (χ3n) is 15.5. The standard InChI is InChI=1S/C67H130O17P2/c1-6-9-12-15-18-21-22-28-32-36-41-46-51-65(70)78-57-63(84-67(72)53-48-43-38-33-29-26-24-23-25-27-31-34-39-44-49-60(4)5)59-82-86(75,76)80-55-61(68)54-79-85(73,74)81-58-62(56-77-64(69)50-45-40-35-20-17-14-11-8-3)83-66(71)52-47-42-37-30-19-16-13-10-7-2/h60-63,68H,6-59H2,1-5H3,(H,73,74)(H,75,76)/t61-,62+,63+/m0/s1. The zero-order valence-corrected chi connectivity index (χ0v) is 57.2. The van der Waals surface area contributed by atoms with Crippen molar-refractivity contribution in [1.29, 1.82) is 0 Å². The van der Waals surface area contributed by atoms with Crippen molar-refractivity contribution < 1.29 is 80.2 Å². The second-order valence-corrected chi connectivity index (χ2v) is 27.6. The topological polar surface area (TPSA) is 237 Å². The van der Waals surface area contributed by atoms with Gasteiger partial charge in [-0.3, -0.25) is 37.3 Å². The molecule has 2 unspecified atom stereocenters. The van der Waals surface area contributed by atoms with Gasteiger partial charge in [0.2, 0.25) is 0 Å². The fourth-order valence-electron chi connectivity index (χ4n) is 10.1. The predicted octanol–water partition coefficient (Wildman–Crippen LogP) is 19.0. The number of aliphatic hydroxyl groups is 1. The Morgan fingerprint density at radius 1 is 0.314 bits per heavy atom. The van der Waals surface area contributed by atoms with Crippen molar-refractivity contribution >= 4 is 39.5 Å². The monoisotopic (exact) mass is 1270 g/mol. The zero-order chi connectivity index (χ0) is 63.5. The van der Waals surface area contributed by atoms with Gasteiger partial charge in [-0.1, -0.05) is 291 Å². The van der Waals surface area contributed by atoms with Crippen LogP contribution in [0.15, 0.2) is 0 Å². The lowest BCUT2D eigenvalue weighted by Crippen LogP contribution is -2.30. The smallest absolute Gasteiger partial charge is 0.462 e. The van der Waals surface area contributed by atoms with Crippen molar-refractivity contribution in [2.24, 2.45) is 5.92 Å². The van der Waals surface area contributed by atoms with Gasteiger partial charge in [0.25, 0.3) is 0 Å². The lowest BCUT2D eigenvalue weighted by Gasteiger charge is -2.21. The van der Waals surface area contributed by atoms with Gasteiger partial charge < -0.3 is 33.8 Å². The maximum atomic E-state index is 13.0. The maximum absolute atomic E-state index is 13.0. The lowest BCUT2D eigenvalue weighted by atomic mass is 10.0. The number of hydrogen-bond acceptors (Lipinski definition) is 15. The molecule has 0 aromatic carbocycles. The van der Waals surface area contributed by atoms with Crippen molar-refractivity contribution in [3.05, 3.63) is 0 Å². The quantitative estimate of drug-likeness (QED) is 0.0222. The molecule has 0 fully saturated rings. The van der Waals surface area contributed by atoms with Gasteiger partial charge in [-0.05, 0) is 31.6 Å². The molecule has 3 N–H and O–H groups in total. The summed E-state index contributed by atoms with van der Waals surface area (Å²) in [4.78, 5) is 72.2. The number of carbonyl (C=O) groups is 4. The van der Waals surface area contributed by atoms with E-state index in [0.717, 1.165) is 102 Å². The summed E-state index contributed by atoms with van der Waals surface area (Å²) >= 11 is 0. The minimum Gasteiger partial charge on any atom is -0.462 e. The number of carbonyl (C=O) groups excluding carboxylic acids is 4. The predicted molar refractivity (Wildman–Crippen MR) is 345 cm³/mol. The van der Waals surface area contributed by atoms with Gasteiger partial charge in [-0.2, -0.15) is 0 Å². The molecule has 0 aromatic rings. The fourth-order valence-corrected chi connectivity index (χ4v) is 11.7. The van der Waals surface area contributed by atoms with E-state index in [1.54, 1.807) is 0 Å². The van der Waals surface area contributed by atoms with Crippen molar-refractivity contribution in [3.8, 4) is 0 Å². The first kappa shape index (κ1) is 84.1. The van der Waals surface area contributed by atoms with E-state index in [1.807, 2.05) is 0 Å². The van der Waals surface area contributed by atoms with E-state index in [9.17, 15) is 43.2 Å². The average molecular weight is 1270 g/mol. The molecule has 0 radical (unpaired) electrons. The molecule has 0 aromatic heterocycles. The third-order valence-corrected chi connectivity index (χ3v) is 17.4. The Bertz CT molecular complexity index is 1670. The average Bonchev–Trinajstić information content (AvgIpc) is 3.57. The highest BCUT2D eigenvalue weighted by Gasteiger charge is 2.30. The summed E-state index contributed by atoms with van der Waals surface area (Å²) in [5.74, 6) is -1.33. The number of aliphatic hydroxyl groups excluding tert-OH is 1. The van der Waals surface area contributed by atoms with Crippen LogP contribution in [0, 0.1) is 5.92 Å². The Balaban J connectivity index is 5.19. The Hall–Kier alpha value is -1.94. The maximum Gasteiger partial charge on any atom is 0.472 e. The van der Waals surface area contributed by atoms with E-state index in [1.165, 1.54) is 161 Å². The molecule has 0 spiro atoms. The number of esters is 4. The highest BCUT2D eigenvalue weighted by Crippen LogP contribution is 2.45. The van der Waals surface area contributed by atoms with Crippen LogP contribution in [0.25, 0.3) is 0 Å². The minimum absolute atomic E-state index is 0.106. The molecule has 0 aliphatic carbocycles. The van der Waals surface area contributed by atoms with Crippen LogP contribution in [-0.2, 0) is 65.4 Å². The Labute approximate surface area is 524 Å². The third kappa shape index (κ3) is 60.9. The lowest BCUT2D eigenvalue weighted by molar-refractivity contribution is -0.161. The van der Waals surface area contributed by atoms with Gasteiger partial charge in [-0.25, -0.2) is 9.13 Å². The highest BCUT2D eigenvalue weighted by atomic mass is 31.2. The molecule has 0 aliphatic heterocycles. The minimum atomic E-state index is -4.95. The first-order valence-electron chi connectivity index (χ1n) is 35.1. The first-order chi connectivity index (χ1) is 41.5. The molecule has 0 saturated carbocycles. The molecule has 0 amide bonds. The summed E-state index contributed by atoms with van der Waals surface area (Å²) in [5.41, 5.74) is 0. The van der Waals surface area contributed by atoms with Crippen LogP contribution >= 0.6 is 15.6 Å². The van der Waals surface area contributed by atoms with E-state index in [-0.39, 0.29) is 25.7 Å². The number of hydrogen-bond donors (Lipinski definition) is 3. The molecule has 0 saturated heterocycles. The van der Waals surface area contributed by atoms with Gasteiger partial charge in [0, 0.05) is 25.7 Å². The van der Waals surface area contributed by atoms with Crippen LogP contribution in [-0.4, -0.2) is 96.7 Å². The largest absolute Gasteiger partial charge is 0.472 e. The molecule has 17 nitrogen and oxygen atoms in total. The van der Waals surface area contributed by atoms with E-state index in [4.69, 9.17) is 37.0 Å². The van der Waals surface area contributed by atoms with Gasteiger partial charge >= 0.3 is 39.5 Å². The van der Waals surface area contributed by atoms with Crippen LogP contribution in [0.1, 0.15) is 343 Å². The number of ether oxygens (including phenoxy) is 4. The van der Waals surface area contributed by atoms with Crippen LogP contribution in [0.4, 0.5) is 0 Å². The Morgan fingerprint density at radius 2 is 0.535 bits per heavy atom. The number of rotatable bonds is 67. The molecule has 510 valence electrons. The van der Waals surface area contributed by atoms with E-state index in [0.29, 0.717) is 25.7 Å². The van der Waals surface area contributed by atoms with E-state index in [2.05, 4.69) is 34.6 Å². The van der Waals surface area contributed by atoms with Crippen molar-refractivity contribution in [3.63, 3.8) is 0 Å². The Morgan fingerprint density at radius 3 is 0.791 bits per heavy atom. The molecular weight excluding hydrogens is 1140 g/mol. The first-order valence-corrected chi connectivity index (χ1v) is 38.1. The Kier molecular flexibility index (Phi) is 59.2. The molecular formula is C67H130O17P2. The van der Waals surface area contributed by atoms with Gasteiger partial charge in [0.15, 0.2) is 12.2 Å². The molecule has 5 atom stereocenters. The highest BCUT2D eigenvalue weighted by molar-refractivity contribution is 7.47. The van der Waals surface area contributed by atoms with Crippen LogP contribution in [0.3, 0.4) is 0 Å². The van der Waals surface area contributed by atoms with Gasteiger partial charge in [0.05, 0.1) is 26.4 Å². The summed E-state index contributed by atoms with van der Waals surface area (Å²) < 4.78 is 68.0. The summed E-state index contributed by atoms with van der Waals surface area (Å²) in [7, 11) is -9.89. The van der Waals surface area contributed by atoms with Crippen LogP contribution in [0.2, 0.25) is 0 Å². The summed E-state index contributed by atoms with van der Waals surface area (Å²) in [6, 6.07) is 0. The molecule has 0 heterocycles. The van der Waals surface area contributed by atoms with Crippen LogP contribution in [0.5, 0.6) is 0 Å². The van der Waals surface area contributed by atoms with Gasteiger partial charge in [-0.15, -0.1) is 0 Å². The van der Waals surface area contributed by atoms with Crippen molar-refractivity contribution in [1.82, 2.24) is 0 Å². The fraction of sp³-hybridized carbons (Fsp3) is 0.940. The molecule has 0 bridgehead atoms. The number of phosphoric acid groups is 2. The van der Waals surface area contributed by atoms with Crippen molar-refractivity contribution in [2.75, 3.05) is 39.6 Å². The van der Waals surface area contributed by atoms with E-state index < -0.39 is 97.5 Å². The number of unbranched alkanes of at least 4 members (excludes halogenated alkanes) is 39. The second kappa shape index (κ2) is 60.6.